The van der Waals surface area contributed by atoms with Crippen molar-refractivity contribution in [2.24, 2.45) is 0 Å². The van der Waals surface area contributed by atoms with Crippen LogP contribution in [0.2, 0.25) is 0 Å². The summed E-state index contributed by atoms with van der Waals surface area (Å²) >= 11 is 1.67. The number of anilines is 1. The van der Waals surface area contributed by atoms with Crippen molar-refractivity contribution in [1.29, 1.82) is 0 Å². The second kappa shape index (κ2) is 5.28. The zero-order valence-corrected chi connectivity index (χ0v) is 11.6. The first-order valence-electron chi connectivity index (χ1n) is 6.42. The molecule has 104 valence electrons. The lowest BCUT2D eigenvalue weighted by Crippen LogP contribution is -2.15. The number of thioether (sulfide) groups is 1. The van der Waals surface area contributed by atoms with Crippen molar-refractivity contribution in [3.63, 3.8) is 0 Å². The third kappa shape index (κ3) is 2.31. The van der Waals surface area contributed by atoms with Crippen molar-refractivity contribution in [3.8, 4) is 5.69 Å². The summed E-state index contributed by atoms with van der Waals surface area (Å²) in [7, 11) is 0. The Morgan fingerprint density at radius 3 is 2.80 bits per heavy atom. The van der Waals surface area contributed by atoms with E-state index in [1.165, 1.54) is 23.0 Å². The molecule has 1 unspecified atom stereocenters. The molecule has 0 radical (unpaired) electrons. The van der Waals surface area contributed by atoms with Gasteiger partial charge in [0.25, 0.3) is 0 Å². The van der Waals surface area contributed by atoms with Crippen molar-refractivity contribution in [2.45, 2.75) is 18.1 Å². The Morgan fingerprint density at radius 2 is 2.15 bits per heavy atom. The maximum atomic E-state index is 12.9. The van der Waals surface area contributed by atoms with Crippen molar-refractivity contribution >= 4 is 23.4 Å². The first-order chi connectivity index (χ1) is 9.66. The molecule has 6 heteroatoms. The maximum absolute atomic E-state index is 12.9. The van der Waals surface area contributed by atoms with Crippen LogP contribution < -0.4 is 5.73 Å². The number of Topliss-reactive ketones (excluding diaryl/α,β-unsaturated/α-hetero) is 1. The summed E-state index contributed by atoms with van der Waals surface area (Å²) in [5.41, 5.74) is 7.11. The summed E-state index contributed by atoms with van der Waals surface area (Å²) < 4.78 is 14.4. The van der Waals surface area contributed by atoms with Gasteiger partial charge in [0.2, 0.25) is 0 Å². The molecule has 1 aliphatic heterocycles. The van der Waals surface area contributed by atoms with Gasteiger partial charge in [-0.3, -0.25) is 4.79 Å². The monoisotopic (exact) mass is 291 g/mol. The number of benzene rings is 1. The van der Waals surface area contributed by atoms with Crippen LogP contribution in [-0.2, 0) is 0 Å². The van der Waals surface area contributed by atoms with Gasteiger partial charge in [-0.05, 0) is 42.9 Å². The molecule has 2 heterocycles. The second-order valence-electron chi connectivity index (χ2n) is 4.70. The van der Waals surface area contributed by atoms with Gasteiger partial charge in [0, 0.05) is 0 Å². The number of ketones is 1. The highest BCUT2D eigenvalue weighted by atomic mass is 32.2. The van der Waals surface area contributed by atoms with Crippen LogP contribution in [0.25, 0.3) is 5.69 Å². The third-order valence-corrected chi connectivity index (χ3v) is 4.74. The lowest BCUT2D eigenvalue weighted by molar-refractivity contribution is 0.0989. The molecule has 1 aliphatic rings. The van der Waals surface area contributed by atoms with Crippen molar-refractivity contribution in [1.82, 2.24) is 9.78 Å². The van der Waals surface area contributed by atoms with Gasteiger partial charge in [-0.2, -0.15) is 16.9 Å². The van der Waals surface area contributed by atoms with E-state index in [0.29, 0.717) is 17.1 Å². The molecule has 0 saturated carbocycles. The summed E-state index contributed by atoms with van der Waals surface area (Å²) in [5.74, 6) is 1.05. The predicted molar refractivity (Wildman–Crippen MR) is 77.7 cm³/mol. The van der Waals surface area contributed by atoms with E-state index in [2.05, 4.69) is 5.10 Å². The van der Waals surface area contributed by atoms with Gasteiger partial charge in [0.15, 0.2) is 5.78 Å². The molecule has 0 bridgehead atoms. The Bertz CT molecular complexity index is 632. The first-order valence-corrected chi connectivity index (χ1v) is 7.47. The van der Waals surface area contributed by atoms with Gasteiger partial charge in [0.1, 0.15) is 11.6 Å². The van der Waals surface area contributed by atoms with Crippen LogP contribution in [0.3, 0.4) is 0 Å². The molecule has 1 atom stereocenters. The Kier molecular flexibility index (Phi) is 3.48. The normalized spacial score (nSPS) is 18.4. The number of nitrogens with zero attached hydrogens (tertiary/aromatic N) is 2. The number of carbonyl (C=O) groups is 1. The minimum atomic E-state index is -0.321. The van der Waals surface area contributed by atoms with Gasteiger partial charge in [-0.15, -0.1) is 0 Å². The van der Waals surface area contributed by atoms with Crippen LogP contribution in [0, 0.1) is 5.82 Å². The Balaban J connectivity index is 1.92. The number of carbonyl (C=O) groups excluding carboxylic acids is 1. The van der Waals surface area contributed by atoms with E-state index >= 15 is 0 Å². The molecule has 1 aromatic carbocycles. The average Bonchev–Trinajstić information content (AvgIpc) is 3.09. The molecular weight excluding hydrogens is 277 g/mol. The highest BCUT2D eigenvalue weighted by Crippen LogP contribution is 2.30. The van der Waals surface area contributed by atoms with Crippen molar-refractivity contribution < 1.29 is 9.18 Å². The fourth-order valence-corrected chi connectivity index (χ4v) is 3.52. The molecule has 1 fully saturated rings. The van der Waals surface area contributed by atoms with E-state index < -0.39 is 0 Å². The minimum Gasteiger partial charge on any atom is -0.383 e. The topological polar surface area (TPSA) is 60.9 Å². The Morgan fingerprint density at radius 1 is 1.40 bits per heavy atom. The fourth-order valence-electron chi connectivity index (χ4n) is 2.29. The highest BCUT2D eigenvalue weighted by Gasteiger charge is 2.27. The van der Waals surface area contributed by atoms with E-state index in [1.807, 2.05) is 0 Å². The van der Waals surface area contributed by atoms with Crippen LogP contribution >= 0.6 is 11.8 Å². The minimum absolute atomic E-state index is 0.0110. The van der Waals surface area contributed by atoms with Crippen LogP contribution in [0.15, 0.2) is 30.5 Å². The standard InChI is InChI=1S/C14H14FN3OS/c15-9-3-5-10(6-4-9)18-14(16)11(8-17-18)13(19)12-2-1-7-20-12/h3-6,8,12H,1-2,7,16H2. The van der Waals surface area contributed by atoms with E-state index in [1.54, 1.807) is 23.9 Å². The lowest BCUT2D eigenvalue weighted by atomic mass is 10.1. The zero-order chi connectivity index (χ0) is 14.1. The van der Waals surface area contributed by atoms with Gasteiger partial charge >= 0.3 is 0 Å². The zero-order valence-electron chi connectivity index (χ0n) is 10.8. The molecule has 2 N–H and O–H groups in total. The number of hydrogen-bond donors (Lipinski definition) is 1. The van der Waals surface area contributed by atoms with E-state index in [4.69, 9.17) is 5.73 Å². The Labute approximate surface area is 120 Å². The van der Waals surface area contributed by atoms with Crippen LogP contribution in [0.1, 0.15) is 23.2 Å². The van der Waals surface area contributed by atoms with Crippen LogP contribution in [0.5, 0.6) is 0 Å². The van der Waals surface area contributed by atoms with Gasteiger partial charge in [-0.25, -0.2) is 9.07 Å². The number of rotatable bonds is 3. The molecule has 0 amide bonds. The maximum Gasteiger partial charge on any atom is 0.181 e. The highest BCUT2D eigenvalue weighted by molar-refractivity contribution is 8.00. The van der Waals surface area contributed by atoms with E-state index in [9.17, 15) is 9.18 Å². The number of nitrogen functional groups attached to an aromatic ring is 1. The molecule has 0 spiro atoms. The molecular formula is C14H14FN3OS. The number of halogens is 1. The largest absolute Gasteiger partial charge is 0.383 e. The number of nitrogens with two attached hydrogens (primary N) is 1. The van der Waals surface area contributed by atoms with Crippen molar-refractivity contribution in [3.05, 3.63) is 41.8 Å². The fraction of sp³-hybridized carbons (Fsp3) is 0.286. The Hall–Kier alpha value is -1.82. The molecule has 4 nitrogen and oxygen atoms in total. The lowest BCUT2D eigenvalue weighted by Gasteiger charge is -2.07. The molecule has 0 aliphatic carbocycles. The SMILES string of the molecule is Nc1c(C(=O)C2CCCS2)cnn1-c1ccc(F)cc1. The summed E-state index contributed by atoms with van der Waals surface area (Å²) in [6.07, 6.45) is 3.46. The molecule has 2 aromatic rings. The van der Waals surface area contributed by atoms with Gasteiger partial charge in [-0.1, -0.05) is 0 Å². The third-order valence-electron chi connectivity index (χ3n) is 3.37. The van der Waals surface area contributed by atoms with Crippen LogP contribution in [-0.4, -0.2) is 26.6 Å². The summed E-state index contributed by atoms with van der Waals surface area (Å²) in [4.78, 5) is 12.4. The summed E-state index contributed by atoms with van der Waals surface area (Å²) in [6, 6.07) is 5.84. The average molecular weight is 291 g/mol. The van der Waals surface area contributed by atoms with Crippen LogP contribution in [0.4, 0.5) is 10.2 Å². The smallest absolute Gasteiger partial charge is 0.181 e. The first kappa shape index (κ1) is 13.2. The van der Waals surface area contributed by atoms with E-state index in [-0.39, 0.29) is 16.9 Å². The van der Waals surface area contributed by atoms with Gasteiger partial charge in [0.05, 0.1) is 22.7 Å². The number of hydrogen-bond acceptors (Lipinski definition) is 4. The summed E-state index contributed by atoms with van der Waals surface area (Å²) in [5, 5.41) is 4.14. The molecule has 3 rings (SSSR count). The van der Waals surface area contributed by atoms with E-state index in [0.717, 1.165) is 18.6 Å². The molecule has 1 aromatic heterocycles. The number of aromatic nitrogens is 2. The van der Waals surface area contributed by atoms with Gasteiger partial charge < -0.3 is 5.73 Å². The molecule has 1 saturated heterocycles. The quantitative estimate of drug-likeness (QED) is 0.883. The predicted octanol–water partition coefficient (Wildman–Crippen LogP) is 2.67. The summed E-state index contributed by atoms with van der Waals surface area (Å²) in [6.45, 7) is 0. The second-order valence-corrected chi connectivity index (χ2v) is 6.01. The van der Waals surface area contributed by atoms with Crippen molar-refractivity contribution in [2.75, 3.05) is 11.5 Å². The molecule has 20 heavy (non-hydrogen) atoms.